The third-order valence-corrected chi connectivity index (χ3v) is 12.9. The lowest BCUT2D eigenvalue weighted by Crippen LogP contribution is -2.49. The minimum Gasteiger partial charge on any atom is -0.504 e. The summed E-state index contributed by atoms with van der Waals surface area (Å²) in [5.74, 6) is 0.805. The highest BCUT2D eigenvalue weighted by atomic mass is 32.2. The number of urea groups is 1. The van der Waals surface area contributed by atoms with Gasteiger partial charge in [-0.25, -0.2) is 4.79 Å². The molecular formula is C45H59N9O10S. The molecule has 7 N–H and O–H groups in total. The Morgan fingerprint density at radius 1 is 0.846 bits per heavy atom. The second-order valence-corrected chi connectivity index (χ2v) is 17.0. The number of unbranched alkanes of at least 4 members (excludes halogenated alkanes) is 2. The molecular weight excluding hydrogens is 859 g/mol. The number of nitrogens with one attached hydrogen (secondary N) is 6. The second-order valence-electron chi connectivity index (χ2n) is 15.7. The number of phenols is 1. The molecule has 0 spiro atoms. The summed E-state index contributed by atoms with van der Waals surface area (Å²) in [6.45, 7) is 0.268. The second kappa shape index (κ2) is 25.1. The lowest BCUT2D eigenvalue weighted by Gasteiger charge is -2.22. The molecule has 2 heterocycles. The summed E-state index contributed by atoms with van der Waals surface area (Å²) in [5.41, 5.74) is 11.0. The normalized spacial score (nSPS) is 16.9. The number of ether oxygens (including phenoxy) is 4. The average molecular weight is 918 g/mol. The van der Waals surface area contributed by atoms with Crippen LogP contribution in [0.4, 0.5) is 10.5 Å². The molecule has 3 aromatic rings. The van der Waals surface area contributed by atoms with Gasteiger partial charge < -0.3 is 56.0 Å². The molecule has 0 radical (unpaired) electrons. The van der Waals surface area contributed by atoms with Gasteiger partial charge in [-0.3, -0.25) is 19.2 Å². The minimum absolute atomic E-state index is 0.00240. The van der Waals surface area contributed by atoms with Crippen molar-refractivity contribution in [1.82, 2.24) is 31.9 Å². The Morgan fingerprint density at radius 2 is 1.57 bits per heavy atom. The zero-order valence-corrected chi connectivity index (χ0v) is 38.0. The molecule has 2 aliphatic rings. The molecule has 0 bridgehead atoms. The first-order chi connectivity index (χ1) is 31.5. The first-order valence-corrected chi connectivity index (χ1v) is 22.6. The SMILES string of the molecule is COc1ccc(CC(CCNC(=O)CNC(=O)[C@H](CCCCNC(=O)CCCC[C@@H]2SC[C@@H]3NC(=O)N[C@@H]32)NC(=O)c2ccc(N=[N+]=[N-])cc2)c2cc(OC)c(OC)c(OC)c2)cc1O. The molecule has 5 atom stereocenters. The van der Waals surface area contributed by atoms with Crippen LogP contribution in [0.15, 0.2) is 59.7 Å². The summed E-state index contributed by atoms with van der Waals surface area (Å²) in [5, 5.41) is 31.5. The van der Waals surface area contributed by atoms with Crippen LogP contribution in [0.1, 0.15) is 78.8 Å². The molecule has 6 amide bonds. The number of carbonyl (C=O) groups is 5. The Labute approximate surface area is 382 Å². The van der Waals surface area contributed by atoms with E-state index in [0.717, 1.165) is 36.1 Å². The van der Waals surface area contributed by atoms with Gasteiger partial charge in [-0.05, 0) is 104 Å². The van der Waals surface area contributed by atoms with Crippen molar-refractivity contribution in [3.8, 4) is 28.7 Å². The van der Waals surface area contributed by atoms with Crippen molar-refractivity contribution in [2.24, 2.45) is 5.11 Å². The molecule has 3 aromatic carbocycles. The molecule has 65 heavy (non-hydrogen) atoms. The van der Waals surface area contributed by atoms with Crippen LogP contribution in [0.3, 0.4) is 0 Å². The molecule has 5 rings (SSSR count). The van der Waals surface area contributed by atoms with Gasteiger partial charge in [0.25, 0.3) is 5.91 Å². The molecule has 0 saturated carbocycles. The number of carbonyl (C=O) groups excluding carboxylic acids is 5. The molecule has 1 unspecified atom stereocenters. The lowest BCUT2D eigenvalue weighted by molar-refractivity contribution is -0.127. The summed E-state index contributed by atoms with van der Waals surface area (Å²) in [6.07, 6.45) is 5.11. The monoisotopic (exact) mass is 917 g/mol. The van der Waals surface area contributed by atoms with Crippen LogP contribution in [0.2, 0.25) is 0 Å². The molecule has 19 nitrogen and oxygen atoms in total. The van der Waals surface area contributed by atoms with Crippen LogP contribution in [-0.2, 0) is 20.8 Å². The number of amides is 6. The number of hydrogen-bond acceptors (Lipinski definition) is 12. The molecule has 0 aromatic heterocycles. The van der Waals surface area contributed by atoms with Gasteiger partial charge in [0.05, 0.1) is 47.1 Å². The van der Waals surface area contributed by atoms with E-state index in [2.05, 4.69) is 41.9 Å². The van der Waals surface area contributed by atoms with Crippen molar-refractivity contribution in [3.05, 3.63) is 81.7 Å². The largest absolute Gasteiger partial charge is 0.504 e. The fraction of sp³-hybridized carbons (Fsp3) is 0.489. The number of fused-ring (bicyclic) bond motifs is 1. The molecule has 350 valence electrons. The first-order valence-electron chi connectivity index (χ1n) is 21.6. The Morgan fingerprint density at radius 3 is 2.25 bits per heavy atom. The van der Waals surface area contributed by atoms with Crippen LogP contribution in [0.5, 0.6) is 28.7 Å². The summed E-state index contributed by atoms with van der Waals surface area (Å²) < 4.78 is 21.9. The highest BCUT2D eigenvalue weighted by Gasteiger charge is 2.42. The third kappa shape index (κ3) is 14.5. The predicted octanol–water partition coefficient (Wildman–Crippen LogP) is 5.13. The topological polar surface area (TPSA) is 263 Å². The Kier molecular flexibility index (Phi) is 19.1. The van der Waals surface area contributed by atoms with Crippen molar-refractivity contribution >= 4 is 47.1 Å². The first kappa shape index (κ1) is 49.5. The lowest BCUT2D eigenvalue weighted by atomic mass is 9.88. The van der Waals surface area contributed by atoms with Gasteiger partial charge >= 0.3 is 6.03 Å². The molecule has 2 fully saturated rings. The molecule has 20 heteroatoms. The number of benzene rings is 3. The molecule has 2 aliphatic heterocycles. The van der Waals surface area contributed by atoms with E-state index in [9.17, 15) is 29.1 Å². The van der Waals surface area contributed by atoms with Crippen LogP contribution in [0.25, 0.3) is 10.4 Å². The number of nitrogens with zero attached hydrogens (tertiary/aromatic N) is 3. The van der Waals surface area contributed by atoms with Crippen molar-refractivity contribution in [2.75, 3.05) is 53.8 Å². The van der Waals surface area contributed by atoms with Gasteiger partial charge in [0.15, 0.2) is 23.0 Å². The number of hydrogen-bond donors (Lipinski definition) is 7. The number of phenolic OH excluding ortho intramolecular Hbond substituents is 1. The summed E-state index contributed by atoms with van der Waals surface area (Å²) in [4.78, 5) is 66.9. The fourth-order valence-electron chi connectivity index (χ4n) is 7.91. The molecule has 0 aliphatic carbocycles. The van der Waals surface area contributed by atoms with Crippen LogP contribution >= 0.6 is 11.8 Å². The maximum absolute atomic E-state index is 13.5. The van der Waals surface area contributed by atoms with Crippen molar-refractivity contribution < 1.29 is 48.0 Å². The highest BCUT2D eigenvalue weighted by molar-refractivity contribution is 8.00. The van der Waals surface area contributed by atoms with Gasteiger partial charge in [0.1, 0.15) is 6.04 Å². The summed E-state index contributed by atoms with van der Waals surface area (Å²) in [7, 11) is 6.05. The zero-order valence-electron chi connectivity index (χ0n) is 37.1. The third-order valence-electron chi connectivity index (χ3n) is 11.4. The average Bonchev–Trinajstić information content (AvgIpc) is 3.87. The van der Waals surface area contributed by atoms with E-state index in [-0.39, 0.29) is 60.8 Å². The van der Waals surface area contributed by atoms with Gasteiger partial charge in [-0.15, -0.1) is 0 Å². The zero-order chi connectivity index (χ0) is 46.7. The van der Waals surface area contributed by atoms with E-state index in [1.54, 1.807) is 12.1 Å². The number of rotatable bonds is 26. The van der Waals surface area contributed by atoms with Gasteiger partial charge in [0.2, 0.25) is 23.5 Å². The number of aromatic hydroxyl groups is 1. The van der Waals surface area contributed by atoms with Crippen molar-refractivity contribution in [2.45, 2.75) is 87.1 Å². The van der Waals surface area contributed by atoms with E-state index in [0.29, 0.717) is 72.6 Å². The van der Waals surface area contributed by atoms with E-state index >= 15 is 0 Å². The fourth-order valence-corrected chi connectivity index (χ4v) is 9.46. The minimum atomic E-state index is -0.999. The van der Waals surface area contributed by atoms with Gasteiger partial charge in [0, 0.05) is 46.7 Å². The maximum atomic E-state index is 13.5. The van der Waals surface area contributed by atoms with E-state index in [1.165, 1.54) is 52.7 Å². The Balaban J connectivity index is 1.13. The van der Waals surface area contributed by atoms with Crippen LogP contribution < -0.4 is 50.8 Å². The van der Waals surface area contributed by atoms with Crippen LogP contribution in [0, 0.1) is 0 Å². The smallest absolute Gasteiger partial charge is 0.315 e. The van der Waals surface area contributed by atoms with Crippen LogP contribution in [-0.4, -0.2) is 112 Å². The quantitative estimate of drug-likeness (QED) is 0.0183. The van der Waals surface area contributed by atoms with E-state index < -0.39 is 23.8 Å². The van der Waals surface area contributed by atoms with E-state index in [1.807, 2.05) is 30.0 Å². The highest BCUT2D eigenvalue weighted by Crippen LogP contribution is 2.42. The maximum Gasteiger partial charge on any atom is 0.315 e. The predicted molar refractivity (Wildman–Crippen MR) is 245 cm³/mol. The Hall–Kier alpha value is -6.53. The van der Waals surface area contributed by atoms with Gasteiger partial charge in [-0.2, -0.15) is 11.8 Å². The standard InChI is InChI=1S/C45H59N9O10S/c1-61-35-17-12-27(22-34(35)55)21-29(30-23-36(62-2)42(64-4)37(24-30)63-3)18-20-48-40(57)25-49-44(59)32(50-43(58)28-13-15-31(16-14-28)53-54-46)9-7-8-19-47-39(56)11-6-5-10-38-41-33(26-65-38)51-45(60)52-41/h12-17,22-24,29,32-33,38,41,55H,5-11,18-21,25-26H2,1-4H3,(H,47,56)(H,48,57)(H,49,59)(H,50,58)(H2,51,52,60)/t29?,32-,33-,38-,41-/m0/s1. The Bertz CT molecular complexity index is 2150. The van der Waals surface area contributed by atoms with Gasteiger partial charge in [-0.1, -0.05) is 29.7 Å². The number of thioether (sulfide) groups is 1. The van der Waals surface area contributed by atoms with E-state index in [4.69, 9.17) is 24.5 Å². The number of methoxy groups -OCH3 is 4. The van der Waals surface area contributed by atoms with Crippen molar-refractivity contribution in [1.29, 1.82) is 0 Å². The molecule has 2 saturated heterocycles. The summed E-state index contributed by atoms with van der Waals surface area (Å²) >= 11 is 1.85. The van der Waals surface area contributed by atoms with Crippen molar-refractivity contribution in [3.63, 3.8) is 0 Å². The number of azide groups is 1. The summed E-state index contributed by atoms with van der Waals surface area (Å²) in [6, 6.07) is 14.0.